The van der Waals surface area contributed by atoms with E-state index in [2.05, 4.69) is 10.2 Å². The Morgan fingerprint density at radius 2 is 2.23 bits per heavy atom. The molecule has 22 heavy (non-hydrogen) atoms. The number of carbonyl (C=O) groups is 1. The van der Waals surface area contributed by atoms with E-state index in [0.717, 1.165) is 38.0 Å². The van der Waals surface area contributed by atoms with Gasteiger partial charge in [-0.2, -0.15) is 0 Å². The van der Waals surface area contributed by atoms with E-state index >= 15 is 0 Å². The number of hydrogen-bond acceptors (Lipinski definition) is 3. The maximum Gasteiger partial charge on any atom is 0.224 e. The van der Waals surface area contributed by atoms with Gasteiger partial charge in [0.1, 0.15) is 0 Å². The standard InChI is InChI=1S/C16H22Cl2N2O2/c1-22-8-6-19-16(21)13-3-2-7-20(11-13)10-12-4-5-14(17)15(18)9-12/h4-5,9,13H,2-3,6-8,10-11H2,1H3,(H,19,21). The third-order valence-electron chi connectivity index (χ3n) is 3.87. The van der Waals surface area contributed by atoms with E-state index in [1.165, 1.54) is 0 Å². The van der Waals surface area contributed by atoms with Crippen molar-refractivity contribution in [2.45, 2.75) is 19.4 Å². The van der Waals surface area contributed by atoms with E-state index in [1.54, 1.807) is 7.11 Å². The molecule has 1 aliphatic heterocycles. The molecule has 0 saturated carbocycles. The van der Waals surface area contributed by atoms with Gasteiger partial charge in [-0.15, -0.1) is 0 Å². The predicted molar refractivity (Wildman–Crippen MR) is 89.3 cm³/mol. The molecule has 0 spiro atoms. The van der Waals surface area contributed by atoms with Gasteiger partial charge < -0.3 is 10.1 Å². The number of likely N-dealkylation sites (tertiary alicyclic amines) is 1. The lowest BCUT2D eigenvalue weighted by Crippen LogP contribution is -2.43. The molecule has 1 saturated heterocycles. The molecule has 1 fully saturated rings. The second kappa shape index (κ2) is 8.73. The normalized spacial score (nSPS) is 19.1. The molecule has 1 heterocycles. The van der Waals surface area contributed by atoms with Crippen LogP contribution in [0.3, 0.4) is 0 Å². The fraction of sp³-hybridized carbons (Fsp3) is 0.562. The maximum absolute atomic E-state index is 12.1. The number of benzene rings is 1. The van der Waals surface area contributed by atoms with E-state index in [4.69, 9.17) is 27.9 Å². The Kier molecular flexibility index (Phi) is 6.96. The van der Waals surface area contributed by atoms with Crippen molar-refractivity contribution >= 4 is 29.1 Å². The van der Waals surface area contributed by atoms with Gasteiger partial charge in [0.15, 0.2) is 0 Å². The number of nitrogens with zero attached hydrogens (tertiary/aromatic N) is 1. The molecule has 2 rings (SSSR count). The van der Waals surface area contributed by atoms with Gasteiger partial charge in [-0.25, -0.2) is 0 Å². The zero-order valence-corrected chi connectivity index (χ0v) is 14.3. The van der Waals surface area contributed by atoms with Crippen LogP contribution in [0.2, 0.25) is 10.0 Å². The molecule has 1 aromatic rings. The first-order chi connectivity index (χ1) is 10.6. The van der Waals surface area contributed by atoms with Crippen LogP contribution in [-0.2, 0) is 16.1 Å². The molecular formula is C16H22Cl2N2O2. The molecule has 1 aliphatic rings. The van der Waals surface area contributed by atoms with Crippen LogP contribution in [-0.4, -0.2) is 44.2 Å². The summed E-state index contributed by atoms with van der Waals surface area (Å²) in [6, 6.07) is 5.70. The van der Waals surface area contributed by atoms with Gasteiger partial charge in [0.25, 0.3) is 0 Å². The summed E-state index contributed by atoms with van der Waals surface area (Å²) < 4.78 is 4.95. The maximum atomic E-state index is 12.1. The van der Waals surface area contributed by atoms with Gasteiger partial charge in [0.2, 0.25) is 5.91 Å². The summed E-state index contributed by atoms with van der Waals surface area (Å²) in [5, 5.41) is 4.07. The molecule has 1 amide bonds. The first-order valence-corrected chi connectivity index (χ1v) is 8.28. The molecule has 0 radical (unpaired) electrons. The average molecular weight is 345 g/mol. The number of ether oxygens (including phenoxy) is 1. The van der Waals surface area contributed by atoms with Crippen LogP contribution in [0.15, 0.2) is 18.2 Å². The third-order valence-corrected chi connectivity index (χ3v) is 4.61. The van der Waals surface area contributed by atoms with Crippen molar-refractivity contribution in [2.24, 2.45) is 5.92 Å². The van der Waals surface area contributed by atoms with Crippen molar-refractivity contribution in [2.75, 3.05) is 33.4 Å². The topological polar surface area (TPSA) is 41.6 Å². The van der Waals surface area contributed by atoms with E-state index < -0.39 is 0 Å². The Morgan fingerprint density at radius 3 is 2.95 bits per heavy atom. The number of methoxy groups -OCH3 is 1. The molecule has 0 aliphatic carbocycles. The fourth-order valence-corrected chi connectivity index (χ4v) is 3.05. The molecule has 1 N–H and O–H groups in total. The summed E-state index contributed by atoms with van der Waals surface area (Å²) in [4.78, 5) is 14.4. The SMILES string of the molecule is COCCNC(=O)C1CCCN(Cc2ccc(Cl)c(Cl)c2)C1. The summed E-state index contributed by atoms with van der Waals surface area (Å²) >= 11 is 12.0. The number of nitrogens with one attached hydrogen (secondary N) is 1. The third kappa shape index (κ3) is 5.13. The Labute approximate surface area is 141 Å². The highest BCUT2D eigenvalue weighted by Gasteiger charge is 2.25. The number of hydrogen-bond donors (Lipinski definition) is 1. The summed E-state index contributed by atoms with van der Waals surface area (Å²) in [5.74, 6) is 0.171. The van der Waals surface area contributed by atoms with Crippen LogP contribution in [0.25, 0.3) is 0 Å². The molecule has 0 bridgehead atoms. The lowest BCUT2D eigenvalue weighted by Gasteiger charge is -2.32. The summed E-state index contributed by atoms with van der Waals surface area (Å²) in [6.07, 6.45) is 1.97. The second-order valence-corrected chi connectivity index (χ2v) is 6.42. The van der Waals surface area contributed by atoms with Crippen LogP contribution in [0.4, 0.5) is 0 Å². The lowest BCUT2D eigenvalue weighted by atomic mass is 9.96. The Bertz CT molecular complexity index is 511. The zero-order valence-electron chi connectivity index (χ0n) is 12.8. The summed E-state index contributed by atoms with van der Waals surface area (Å²) in [6.45, 7) is 3.68. The highest BCUT2D eigenvalue weighted by atomic mass is 35.5. The van der Waals surface area contributed by atoms with E-state index in [0.29, 0.717) is 23.2 Å². The number of rotatable bonds is 6. The highest BCUT2D eigenvalue weighted by Crippen LogP contribution is 2.24. The first kappa shape index (κ1) is 17.5. The molecule has 122 valence electrons. The molecule has 1 unspecified atom stereocenters. The lowest BCUT2D eigenvalue weighted by molar-refractivity contribution is -0.127. The van der Waals surface area contributed by atoms with Crippen molar-refractivity contribution in [1.82, 2.24) is 10.2 Å². The van der Waals surface area contributed by atoms with Gasteiger partial charge in [0.05, 0.1) is 22.6 Å². The molecule has 6 heteroatoms. The molecule has 1 atom stereocenters. The Morgan fingerprint density at radius 1 is 1.41 bits per heavy atom. The first-order valence-electron chi connectivity index (χ1n) is 7.53. The highest BCUT2D eigenvalue weighted by molar-refractivity contribution is 6.42. The Hall–Kier alpha value is -0.810. The van der Waals surface area contributed by atoms with Gasteiger partial charge in [-0.1, -0.05) is 29.3 Å². The number of amides is 1. The largest absolute Gasteiger partial charge is 0.383 e. The van der Waals surface area contributed by atoms with Crippen LogP contribution in [0, 0.1) is 5.92 Å². The number of halogens is 2. The van der Waals surface area contributed by atoms with Gasteiger partial charge in [-0.3, -0.25) is 9.69 Å². The zero-order chi connectivity index (χ0) is 15.9. The minimum atomic E-state index is 0.0494. The van der Waals surface area contributed by atoms with Crippen molar-refractivity contribution < 1.29 is 9.53 Å². The van der Waals surface area contributed by atoms with Gasteiger partial charge in [-0.05, 0) is 37.1 Å². The number of piperidine rings is 1. The molecular weight excluding hydrogens is 323 g/mol. The smallest absolute Gasteiger partial charge is 0.224 e. The molecule has 0 aromatic heterocycles. The van der Waals surface area contributed by atoms with Crippen LogP contribution >= 0.6 is 23.2 Å². The fourth-order valence-electron chi connectivity index (χ4n) is 2.73. The Balaban J connectivity index is 1.87. The summed E-state index contributed by atoms with van der Waals surface area (Å²) in [7, 11) is 1.63. The average Bonchev–Trinajstić information content (AvgIpc) is 2.51. The van der Waals surface area contributed by atoms with Crippen molar-refractivity contribution in [3.05, 3.63) is 33.8 Å². The minimum absolute atomic E-state index is 0.0494. The van der Waals surface area contributed by atoms with E-state index in [-0.39, 0.29) is 11.8 Å². The number of carbonyl (C=O) groups excluding carboxylic acids is 1. The monoisotopic (exact) mass is 344 g/mol. The van der Waals surface area contributed by atoms with Gasteiger partial charge in [0, 0.05) is 26.7 Å². The predicted octanol–water partition coefficient (Wildman–Crippen LogP) is 2.97. The molecule has 4 nitrogen and oxygen atoms in total. The minimum Gasteiger partial charge on any atom is -0.383 e. The van der Waals surface area contributed by atoms with Crippen LogP contribution < -0.4 is 5.32 Å². The molecule has 1 aromatic carbocycles. The van der Waals surface area contributed by atoms with E-state index in [9.17, 15) is 4.79 Å². The van der Waals surface area contributed by atoms with Crippen molar-refractivity contribution in [3.8, 4) is 0 Å². The van der Waals surface area contributed by atoms with Gasteiger partial charge >= 0.3 is 0 Å². The summed E-state index contributed by atoms with van der Waals surface area (Å²) in [5.41, 5.74) is 1.12. The van der Waals surface area contributed by atoms with Crippen molar-refractivity contribution in [3.63, 3.8) is 0 Å². The van der Waals surface area contributed by atoms with Crippen LogP contribution in [0.1, 0.15) is 18.4 Å². The quantitative estimate of drug-likeness (QED) is 0.806. The second-order valence-electron chi connectivity index (χ2n) is 5.61. The van der Waals surface area contributed by atoms with Crippen LogP contribution in [0.5, 0.6) is 0 Å². The van der Waals surface area contributed by atoms with E-state index in [1.807, 2.05) is 18.2 Å². The van der Waals surface area contributed by atoms with Crippen molar-refractivity contribution in [1.29, 1.82) is 0 Å².